The average Bonchev–Trinajstić information content (AvgIpc) is 2.73. The van der Waals surface area contributed by atoms with Crippen molar-refractivity contribution in [2.24, 2.45) is 0 Å². The van der Waals surface area contributed by atoms with Gasteiger partial charge in [0.05, 0.1) is 6.54 Å². The first-order valence-corrected chi connectivity index (χ1v) is 6.23. The lowest BCUT2D eigenvalue weighted by Gasteiger charge is -2.14. The van der Waals surface area contributed by atoms with Gasteiger partial charge in [-0.15, -0.1) is 0 Å². The second-order valence-corrected chi connectivity index (χ2v) is 4.71. The minimum Gasteiger partial charge on any atom is -0.340 e. The second kappa shape index (κ2) is 5.42. The monoisotopic (exact) mass is 295 g/mol. The van der Waals surface area contributed by atoms with E-state index in [1.807, 2.05) is 18.2 Å². The lowest BCUT2D eigenvalue weighted by Crippen LogP contribution is -2.19. The smallest absolute Gasteiger partial charge is 0.223 e. The summed E-state index contributed by atoms with van der Waals surface area (Å²) in [6.45, 7) is 4.49. The molecule has 0 saturated carbocycles. The van der Waals surface area contributed by atoms with E-state index in [9.17, 15) is 0 Å². The zero-order valence-corrected chi connectivity index (χ0v) is 11.4. The third-order valence-electron chi connectivity index (χ3n) is 2.51. The van der Waals surface area contributed by atoms with Gasteiger partial charge in [0.25, 0.3) is 0 Å². The van der Waals surface area contributed by atoms with Crippen LogP contribution in [0.2, 0.25) is 0 Å². The van der Waals surface area contributed by atoms with Gasteiger partial charge in [0.2, 0.25) is 5.89 Å². The maximum Gasteiger partial charge on any atom is 0.223 e. The van der Waals surface area contributed by atoms with Gasteiger partial charge in [-0.25, -0.2) is 0 Å². The van der Waals surface area contributed by atoms with Crippen LogP contribution in [0, 0.1) is 6.92 Å². The molecule has 5 heteroatoms. The summed E-state index contributed by atoms with van der Waals surface area (Å²) in [7, 11) is 0. The van der Waals surface area contributed by atoms with Crippen molar-refractivity contribution in [3.63, 3.8) is 0 Å². The number of rotatable bonds is 4. The Morgan fingerprint density at radius 2 is 2.18 bits per heavy atom. The third kappa shape index (κ3) is 3.14. The van der Waals surface area contributed by atoms with Crippen LogP contribution in [0.25, 0.3) is 0 Å². The standard InChI is InChI=1S/C12H14BrN3O/c1-8(10-5-3-4-6-11(10)13)14-7-12-15-9(2)17-16-12/h3-6,8,14H,7H2,1-2H3/t8-/m1/s1. The summed E-state index contributed by atoms with van der Waals surface area (Å²) in [5, 5.41) is 7.20. The molecule has 4 nitrogen and oxygen atoms in total. The highest BCUT2D eigenvalue weighted by atomic mass is 79.9. The molecular weight excluding hydrogens is 282 g/mol. The maximum absolute atomic E-state index is 4.92. The largest absolute Gasteiger partial charge is 0.340 e. The van der Waals surface area contributed by atoms with Crippen LogP contribution in [-0.2, 0) is 6.54 Å². The topological polar surface area (TPSA) is 51.0 Å². The third-order valence-corrected chi connectivity index (χ3v) is 3.23. The van der Waals surface area contributed by atoms with Gasteiger partial charge in [-0.3, -0.25) is 0 Å². The molecule has 0 spiro atoms. The molecule has 1 heterocycles. The molecule has 0 aliphatic carbocycles. The summed E-state index contributed by atoms with van der Waals surface area (Å²) in [6, 6.07) is 8.37. The maximum atomic E-state index is 4.92. The van der Waals surface area contributed by atoms with Crippen LogP contribution >= 0.6 is 15.9 Å². The molecule has 90 valence electrons. The van der Waals surface area contributed by atoms with Crippen molar-refractivity contribution >= 4 is 15.9 Å². The fourth-order valence-electron chi connectivity index (χ4n) is 1.59. The predicted molar refractivity (Wildman–Crippen MR) is 68.4 cm³/mol. The first-order valence-electron chi connectivity index (χ1n) is 5.44. The lowest BCUT2D eigenvalue weighted by molar-refractivity contribution is 0.384. The van der Waals surface area contributed by atoms with E-state index in [4.69, 9.17) is 4.52 Å². The van der Waals surface area contributed by atoms with Crippen LogP contribution in [0.1, 0.15) is 30.2 Å². The molecule has 0 aliphatic heterocycles. The number of halogens is 1. The van der Waals surface area contributed by atoms with E-state index in [1.54, 1.807) is 6.92 Å². The number of aryl methyl sites for hydroxylation is 1. The molecule has 0 unspecified atom stereocenters. The molecule has 0 fully saturated rings. The molecule has 1 aromatic heterocycles. The van der Waals surface area contributed by atoms with E-state index in [0.29, 0.717) is 18.3 Å². The van der Waals surface area contributed by atoms with Crippen molar-refractivity contribution in [2.45, 2.75) is 26.4 Å². The van der Waals surface area contributed by atoms with E-state index in [-0.39, 0.29) is 6.04 Å². The lowest BCUT2D eigenvalue weighted by atomic mass is 10.1. The van der Waals surface area contributed by atoms with Crippen molar-refractivity contribution < 1.29 is 4.52 Å². The van der Waals surface area contributed by atoms with Crippen LogP contribution in [0.4, 0.5) is 0 Å². The molecule has 0 amide bonds. The van der Waals surface area contributed by atoms with Crippen LogP contribution in [0.5, 0.6) is 0 Å². The summed E-state index contributed by atoms with van der Waals surface area (Å²) >= 11 is 3.54. The fourth-order valence-corrected chi connectivity index (χ4v) is 2.22. The van der Waals surface area contributed by atoms with Crippen LogP contribution < -0.4 is 5.32 Å². The molecule has 0 radical (unpaired) electrons. The van der Waals surface area contributed by atoms with Crippen molar-refractivity contribution in [3.05, 3.63) is 46.0 Å². The Kier molecular flexibility index (Phi) is 3.91. The van der Waals surface area contributed by atoms with Gasteiger partial charge in [-0.1, -0.05) is 39.3 Å². The summed E-state index contributed by atoms with van der Waals surface area (Å²) < 4.78 is 6.02. The SMILES string of the molecule is Cc1nc(CN[C@H](C)c2ccccc2Br)no1. The Balaban J connectivity index is 1.98. The zero-order chi connectivity index (χ0) is 12.3. The molecule has 0 aliphatic rings. The van der Waals surface area contributed by atoms with Gasteiger partial charge in [0.15, 0.2) is 5.82 Å². The first-order chi connectivity index (χ1) is 8.16. The fraction of sp³-hybridized carbons (Fsp3) is 0.333. The van der Waals surface area contributed by atoms with Crippen LogP contribution in [0.3, 0.4) is 0 Å². The molecule has 1 atom stereocenters. The Morgan fingerprint density at radius 1 is 1.41 bits per heavy atom. The Morgan fingerprint density at radius 3 is 2.82 bits per heavy atom. The number of nitrogens with one attached hydrogen (secondary N) is 1. The van der Waals surface area contributed by atoms with E-state index in [1.165, 1.54) is 5.56 Å². The van der Waals surface area contributed by atoms with Crippen molar-refractivity contribution in [2.75, 3.05) is 0 Å². The quantitative estimate of drug-likeness (QED) is 0.942. The van der Waals surface area contributed by atoms with Crippen molar-refractivity contribution in [1.29, 1.82) is 0 Å². The van der Waals surface area contributed by atoms with Crippen LogP contribution in [0.15, 0.2) is 33.3 Å². The summed E-state index contributed by atoms with van der Waals surface area (Å²) in [5.41, 5.74) is 1.22. The molecule has 2 rings (SSSR count). The van der Waals surface area contributed by atoms with Gasteiger partial charge in [-0.2, -0.15) is 4.98 Å². The molecule has 0 bridgehead atoms. The van der Waals surface area contributed by atoms with E-state index in [0.717, 1.165) is 4.47 Å². The second-order valence-electron chi connectivity index (χ2n) is 3.85. The number of aromatic nitrogens is 2. The molecule has 0 saturated heterocycles. The highest BCUT2D eigenvalue weighted by molar-refractivity contribution is 9.10. The molecule has 1 aromatic carbocycles. The van der Waals surface area contributed by atoms with Gasteiger partial charge in [0, 0.05) is 17.4 Å². The van der Waals surface area contributed by atoms with Gasteiger partial charge < -0.3 is 9.84 Å². The molecule has 1 N–H and O–H groups in total. The van der Waals surface area contributed by atoms with Gasteiger partial charge >= 0.3 is 0 Å². The highest BCUT2D eigenvalue weighted by Crippen LogP contribution is 2.22. The number of nitrogens with zero attached hydrogens (tertiary/aromatic N) is 2. The Bertz CT molecular complexity index is 498. The van der Waals surface area contributed by atoms with Gasteiger partial charge in [0.1, 0.15) is 0 Å². The van der Waals surface area contributed by atoms with E-state index in [2.05, 4.69) is 44.4 Å². The Labute approximate surface area is 109 Å². The minimum absolute atomic E-state index is 0.226. The van der Waals surface area contributed by atoms with Crippen LogP contribution in [-0.4, -0.2) is 10.1 Å². The van der Waals surface area contributed by atoms with E-state index >= 15 is 0 Å². The molecule has 17 heavy (non-hydrogen) atoms. The van der Waals surface area contributed by atoms with E-state index < -0.39 is 0 Å². The number of benzene rings is 1. The first kappa shape index (κ1) is 12.3. The van der Waals surface area contributed by atoms with Gasteiger partial charge in [-0.05, 0) is 18.6 Å². The zero-order valence-electron chi connectivity index (χ0n) is 9.77. The molecular formula is C12H14BrN3O. The van der Waals surface area contributed by atoms with Crippen molar-refractivity contribution in [1.82, 2.24) is 15.5 Å². The molecule has 2 aromatic rings. The summed E-state index contributed by atoms with van der Waals surface area (Å²) in [4.78, 5) is 4.15. The predicted octanol–water partition coefficient (Wildman–Crippen LogP) is 2.99. The Hall–Kier alpha value is -1.20. The summed E-state index contributed by atoms with van der Waals surface area (Å²) in [5.74, 6) is 1.27. The highest BCUT2D eigenvalue weighted by Gasteiger charge is 2.09. The minimum atomic E-state index is 0.226. The number of hydrogen-bond donors (Lipinski definition) is 1. The normalized spacial score (nSPS) is 12.6. The average molecular weight is 296 g/mol. The summed E-state index contributed by atoms with van der Waals surface area (Å²) in [6.07, 6.45) is 0. The van der Waals surface area contributed by atoms with Crippen molar-refractivity contribution in [3.8, 4) is 0 Å². The number of hydrogen-bond acceptors (Lipinski definition) is 4.